The molecule has 0 aliphatic heterocycles. The minimum atomic E-state index is -0.172. The topological polar surface area (TPSA) is 59.3 Å². The number of thioether (sulfide) groups is 1. The summed E-state index contributed by atoms with van der Waals surface area (Å²) in [6.07, 6.45) is 1.66. The first-order valence-electron chi connectivity index (χ1n) is 9.29. The number of thiophene rings is 1. The largest absolute Gasteiger partial charge is 0.314 e. The standard InChI is InChI=1S/C22H19ClN4OS2/c1-15-6-11-18(30-15)12-24-26-21(28)14-29-22-25-19-4-2-3-5-20(19)27(22)13-16-7-9-17(23)10-8-16/h2-12H,13-14H2,1H3,(H,26,28)/b24-12-. The highest BCUT2D eigenvalue weighted by molar-refractivity contribution is 7.99. The fourth-order valence-corrected chi connectivity index (χ4v) is 4.62. The Labute approximate surface area is 187 Å². The molecule has 1 amide bonds. The molecule has 0 saturated carbocycles. The molecule has 1 N–H and O–H groups in total. The van der Waals surface area contributed by atoms with Gasteiger partial charge in [-0.05, 0) is 48.9 Å². The predicted octanol–water partition coefficient (Wildman–Crippen LogP) is 5.35. The van der Waals surface area contributed by atoms with Crippen LogP contribution in [0.3, 0.4) is 0 Å². The molecule has 4 aromatic rings. The van der Waals surface area contributed by atoms with E-state index in [9.17, 15) is 4.79 Å². The van der Waals surface area contributed by atoms with Gasteiger partial charge in [0.15, 0.2) is 5.16 Å². The van der Waals surface area contributed by atoms with E-state index in [1.807, 2.05) is 67.6 Å². The quantitative estimate of drug-likeness (QED) is 0.232. The van der Waals surface area contributed by atoms with Crippen LogP contribution in [0.15, 0.2) is 70.9 Å². The van der Waals surface area contributed by atoms with Crippen molar-refractivity contribution in [3.05, 3.63) is 81.0 Å². The lowest BCUT2D eigenvalue weighted by Crippen LogP contribution is -2.20. The molecule has 0 radical (unpaired) electrons. The summed E-state index contributed by atoms with van der Waals surface area (Å²) in [4.78, 5) is 19.2. The monoisotopic (exact) mass is 454 g/mol. The maximum absolute atomic E-state index is 12.2. The van der Waals surface area contributed by atoms with Crippen LogP contribution in [0, 0.1) is 6.92 Å². The minimum Gasteiger partial charge on any atom is -0.314 e. The van der Waals surface area contributed by atoms with E-state index in [1.165, 1.54) is 16.6 Å². The van der Waals surface area contributed by atoms with Crippen LogP contribution in [-0.4, -0.2) is 27.4 Å². The molecule has 4 rings (SSSR count). The summed E-state index contributed by atoms with van der Waals surface area (Å²) in [6, 6.07) is 19.7. The highest BCUT2D eigenvalue weighted by Crippen LogP contribution is 2.25. The van der Waals surface area contributed by atoms with Gasteiger partial charge in [0.25, 0.3) is 5.91 Å². The Morgan fingerprint density at radius 2 is 2.00 bits per heavy atom. The molecule has 2 aromatic carbocycles. The third kappa shape index (κ3) is 5.11. The third-order valence-electron chi connectivity index (χ3n) is 4.35. The first-order chi connectivity index (χ1) is 14.6. The number of nitrogens with zero attached hydrogens (tertiary/aromatic N) is 3. The van der Waals surface area contributed by atoms with Gasteiger partial charge in [0.2, 0.25) is 0 Å². The number of carbonyl (C=O) groups excluding carboxylic acids is 1. The number of para-hydroxylation sites is 2. The molecule has 8 heteroatoms. The molecule has 152 valence electrons. The number of halogens is 1. The second kappa shape index (κ2) is 9.47. The number of hydrogen-bond donors (Lipinski definition) is 1. The van der Waals surface area contributed by atoms with E-state index in [1.54, 1.807) is 17.6 Å². The van der Waals surface area contributed by atoms with Crippen molar-refractivity contribution in [3.8, 4) is 0 Å². The minimum absolute atomic E-state index is 0.172. The molecule has 2 aromatic heterocycles. The van der Waals surface area contributed by atoms with Crippen LogP contribution in [0.1, 0.15) is 15.3 Å². The van der Waals surface area contributed by atoms with Crippen LogP contribution in [0.5, 0.6) is 0 Å². The predicted molar refractivity (Wildman–Crippen MR) is 126 cm³/mol. The average Bonchev–Trinajstić information content (AvgIpc) is 3.31. The maximum atomic E-state index is 12.2. The smallest absolute Gasteiger partial charge is 0.250 e. The molecule has 0 saturated heterocycles. The average molecular weight is 455 g/mol. The van der Waals surface area contributed by atoms with Gasteiger partial charge in [0.05, 0.1) is 29.5 Å². The van der Waals surface area contributed by atoms with Gasteiger partial charge < -0.3 is 4.57 Å². The van der Waals surface area contributed by atoms with Crippen LogP contribution in [-0.2, 0) is 11.3 Å². The number of aryl methyl sites for hydroxylation is 1. The van der Waals surface area contributed by atoms with Crippen LogP contribution in [0.25, 0.3) is 11.0 Å². The normalized spacial score (nSPS) is 11.4. The van der Waals surface area contributed by atoms with E-state index in [-0.39, 0.29) is 11.7 Å². The third-order valence-corrected chi connectivity index (χ3v) is 6.51. The molecular formula is C22H19ClN4OS2. The summed E-state index contributed by atoms with van der Waals surface area (Å²) < 4.78 is 2.12. The molecular weight excluding hydrogens is 436 g/mol. The van der Waals surface area contributed by atoms with E-state index >= 15 is 0 Å². The van der Waals surface area contributed by atoms with Gasteiger partial charge in [-0.2, -0.15) is 5.10 Å². The molecule has 30 heavy (non-hydrogen) atoms. The van der Waals surface area contributed by atoms with E-state index in [4.69, 9.17) is 16.6 Å². The molecule has 0 fully saturated rings. The van der Waals surface area contributed by atoms with E-state index in [0.717, 1.165) is 26.6 Å². The van der Waals surface area contributed by atoms with Crippen LogP contribution >= 0.6 is 34.7 Å². The summed E-state index contributed by atoms with van der Waals surface area (Å²) >= 11 is 9.03. The number of imidazole rings is 1. The Kier molecular flexibility index (Phi) is 6.52. The number of fused-ring (bicyclic) bond motifs is 1. The highest BCUT2D eigenvalue weighted by atomic mass is 35.5. The number of rotatable bonds is 7. The molecule has 0 aliphatic carbocycles. The van der Waals surface area contributed by atoms with Crippen molar-refractivity contribution in [3.63, 3.8) is 0 Å². The lowest BCUT2D eigenvalue weighted by molar-refractivity contribution is -0.118. The molecule has 0 unspecified atom stereocenters. The summed E-state index contributed by atoms with van der Waals surface area (Å²) in [7, 11) is 0. The summed E-state index contributed by atoms with van der Waals surface area (Å²) in [5.74, 6) is 0.0553. The maximum Gasteiger partial charge on any atom is 0.250 e. The zero-order chi connectivity index (χ0) is 20.9. The van der Waals surface area contributed by atoms with Gasteiger partial charge in [-0.3, -0.25) is 4.79 Å². The van der Waals surface area contributed by atoms with E-state index in [2.05, 4.69) is 15.1 Å². The van der Waals surface area contributed by atoms with Crippen molar-refractivity contribution in [1.29, 1.82) is 0 Å². The number of hydrazone groups is 1. The van der Waals surface area contributed by atoms with Crippen LogP contribution in [0.4, 0.5) is 0 Å². The van der Waals surface area contributed by atoms with Crippen LogP contribution in [0.2, 0.25) is 5.02 Å². The molecule has 2 heterocycles. The zero-order valence-corrected chi connectivity index (χ0v) is 18.6. The van der Waals surface area contributed by atoms with Gasteiger partial charge in [-0.15, -0.1) is 11.3 Å². The van der Waals surface area contributed by atoms with E-state index < -0.39 is 0 Å². The molecule has 0 atom stereocenters. The fraction of sp³-hybridized carbons (Fsp3) is 0.136. The summed E-state index contributed by atoms with van der Waals surface area (Å²) in [6.45, 7) is 2.69. The Bertz CT molecular complexity index is 1200. The summed E-state index contributed by atoms with van der Waals surface area (Å²) in [5, 5.41) is 5.54. The lowest BCUT2D eigenvalue weighted by atomic mass is 10.2. The molecule has 0 spiro atoms. The zero-order valence-electron chi connectivity index (χ0n) is 16.2. The Hall–Kier alpha value is -2.61. The number of amides is 1. The van der Waals surface area contributed by atoms with Crippen LogP contribution < -0.4 is 5.43 Å². The Morgan fingerprint density at radius 1 is 1.20 bits per heavy atom. The Morgan fingerprint density at radius 3 is 2.77 bits per heavy atom. The number of aromatic nitrogens is 2. The van der Waals surface area contributed by atoms with Gasteiger partial charge in [-0.25, -0.2) is 10.4 Å². The first kappa shape index (κ1) is 20.7. The number of carbonyl (C=O) groups is 1. The van der Waals surface area contributed by atoms with Crippen molar-refractivity contribution >= 4 is 57.9 Å². The highest BCUT2D eigenvalue weighted by Gasteiger charge is 2.13. The molecule has 0 bridgehead atoms. The molecule has 0 aliphatic rings. The second-order valence-corrected chi connectivity index (χ2v) is 9.32. The van der Waals surface area contributed by atoms with Crippen molar-refractivity contribution < 1.29 is 4.79 Å². The number of hydrogen-bond acceptors (Lipinski definition) is 5. The SMILES string of the molecule is Cc1ccc(/C=N\NC(=O)CSc2nc3ccccc3n2Cc2ccc(Cl)cc2)s1. The first-order valence-corrected chi connectivity index (χ1v) is 11.5. The lowest BCUT2D eigenvalue weighted by Gasteiger charge is -2.09. The van der Waals surface area contributed by atoms with Crippen molar-refractivity contribution in [2.45, 2.75) is 18.6 Å². The van der Waals surface area contributed by atoms with Crippen molar-refractivity contribution in [2.24, 2.45) is 5.10 Å². The van der Waals surface area contributed by atoms with Crippen molar-refractivity contribution in [1.82, 2.24) is 15.0 Å². The second-order valence-electron chi connectivity index (χ2n) is 6.63. The van der Waals surface area contributed by atoms with Gasteiger partial charge in [-0.1, -0.05) is 47.6 Å². The van der Waals surface area contributed by atoms with Crippen molar-refractivity contribution in [2.75, 3.05) is 5.75 Å². The molecule has 5 nitrogen and oxygen atoms in total. The van der Waals surface area contributed by atoms with Gasteiger partial charge in [0, 0.05) is 14.8 Å². The van der Waals surface area contributed by atoms with Gasteiger partial charge in [0.1, 0.15) is 0 Å². The number of nitrogens with one attached hydrogen (secondary N) is 1. The number of benzene rings is 2. The summed E-state index contributed by atoms with van der Waals surface area (Å²) in [5.41, 5.74) is 5.63. The van der Waals surface area contributed by atoms with Gasteiger partial charge >= 0.3 is 0 Å². The Balaban J connectivity index is 1.45. The fourth-order valence-electron chi connectivity index (χ4n) is 2.94. The van der Waals surface area contributed by atoms with E-state index in [0.29, 0.717) is 11.6 Å².